The summed E-state index contributed by atoms with van der Waals surface area (Å²) in [5, 5.41) is 10.6. The van der Waals surface area contributed by atoms with Gasteiger partial charge < -0.3 is 10.8 Å². The van der Waals surface area contributed by atoms with E-state index in [9.17, 15) is 0 Å². The Kier molecular flexibility index (Phi) is 8.61. The van der Waals surface area contributed by atoms with E-state index in [0.717, 1.165) is 23.3 Å². The topological polar surface area (TPSA) is 46.2 Å². The van der Waals surface area contributed by atoms with E-state index in [4.69, 9.17) is 23.1 Å². The number of thiocarbonyl (C=S) groups is 1. The van der Waals surface area contributed by atoms with Crippen molar-refractivity contribution in [1.29, 1.82) is 0 Å². The first-order chi connectivity index (χ1) is 8.84. The number of nitrogens with two attached hydrogens (primary N) is 1. The zero-order chi connectivity index (χ0) is 15.0. The maximum atomic E-state index is 8.99. The van der Waals surface area contributed by atoms with Crippen LogP contribution in [0.2, 0.25) is 0 Å². The van der Waals surface area contributed by atoms with Gasteiger partial charge in [0.25, 0.3) is 0 Å². The first-order valence-corrected chi connectivity index (χ1v) is 7.20. The van der Waals surface area contributed by atoms with Gasteiger partial charge >= 0.3 is 0 Å². The van der Waals surface area contributed by atoms with Crippen molar-refractivity contribution >= 4 is 17.6 Å². The molecule has 0 aliphatic carbocycles. The van der Waals surface area contributed by atoms with Crippen LogP contribution in [0.25, 0.3) is 0 Å². The van der Waals surface area contributed by atoms with E-state index in [0.29, 0.717) is 5.92 Å². The van der Waals surface area contributed by atoms with E-state index >= 15 is 0 Å². The predicted octanol–water partition coefficient (Wildman–Crippen LogP) is 3.77. The second-order valence-electron chi connectivity index (χ2n) is 5.23. The van der Waals surface area contributed by atoms with Gasteiger partial charge in [0.05, 0.1) is 0 Å². The lowest BCUT2D eigenvalue weighted by molar-refractivity contribution is 0.244. The molecule has 2 nitrogen and oxygen atoms in total. The third kappa shape index (κ3) is 6.17. The van der Waals surface area contributed by atoms with Crippen molar-refractivity contribution in [3.8, 4) is 0 Å². The van der Waals surface area contributed by atoms with Crippen molar-refractivity contribution in [3.63, 3.8) is 0 Å². The van der Waals surface area contributed by atoms with Gasteiger partial charge in [-0.15, -0.1) is 0 Å². The molecule has 19 heavy (non-hydrogen) atoms. The number of aliphatic hydroxyl groups is 1. The number of rotatable bonds is 7. The lowest BCUT2D eigenvalue weighted by atomic mass is 9.88. The van der Waals surface area contributed by atoms with E-state index in [1.165, 1.54) is 5.57 Å². The monoisotopic (exact) mass is 281 g/mol. The largest absolute Gasteiger partial charge is 0.402 e. The average Bonchev–Trinajstić information content (AvgIpc) is 2.37. The van der Waals surface area contributed by atoms with Gasteiger partial charge in [-0.25, -0.2) is 0 Å². The van der Waals surface area contributed by atoms with Gasteiger partial charge in [-0.2, -0.15) is 0 Å². The van der Waals surface area contributed by atoms with Crippen LogP contribution in [0.1, 0.15) is 41.0 Å². The fourth-order valence-electron chi connectivity index (χ4n) is 1.87. The Labute approximate surface area is 123 Å². The summed E-state index contributed by atoms with van der Waals surface area (Å²) >= 11 is 4.83. The second-order valence-corrected chi connectivity index (χ2v) is 5.50. The molecule has 0 aliphatic rings. The lowest BCUT2D eigenvalue weighted by Crippen LogP contribution is -2.19. The molecule has 0 fully saturated rings. The molecule has 0 amide bonds. The van der Waals surface area contributed by atoms with Gasteiger partial charge in [0.1, 0.15) is 0 Å². The minimum absolute atomic E-state index is 0.212. The lowest BCUT2D eigenvalue weighted by Gasteiger charge is -2.21. The Morgan fingerprint density at radius 3 is 2.26 bits per heavy atom. The molecule has 2 atom stereocenters. The van der Waals surface area contributed by atoms with Gasteiger partial charge in [0.2, 0.25) is 0 Å². The van der Waals surface area contributed by atoms with Crippen LogP contribution in [0.5, 0.6) is 0 Å². The van der Waals surface area contributed by atoms with E-state index in [2.05, 4.69) is 26.8 Å². The highest BCUT2D eigenvalue weighted by atomic mass is 32.1. The van der Waals surface area contributed by atoms with Gasteiger partial charge in [0.15, 0.2) is 0 Å². The van der Waals surface area contributed by atoms with Crippen molar-refractivity contribution in [3.05, 3.63) is 34.6 Å². The Morgan fingerprint density at radius 1 is 1.21 bits per heavy atom. The van der Waals surface area contributed by atoms with Crippen LogP contribution in [0, 0.1) is 11.8 Å². The molecular weight excluding hydrogens is 254 g/mol. The molecule has 0 rings (SSSR count). The van der Waals surface area contributed by atoms with Crippen molar-refractivity contribution in [2.24, 2.45) is 17.6 Å². The van der Waals surface area contributed by atoms with Gasteiger partial charge in [0, 0.05) is 17.7 Å². The normalized spacial score (nSPS) is 17.8. The molecule has 3 N–H and O–H groups in total. The quantitative estimate of drug-likeness (QED) is 0.424. The SMILES string of the molecule is CC(=CC=S)C(C)=CC(C)=C(N)[C@H](C)C(C)CCO. The zero-order valence-electron chi connectivity index (χ0n) is 12.7. The maximum Gasteiger partial charge on any atom is 0.0433 e. The summed E-state index contributed by atoms with van der Waals surface area (Å²) in [5.41, 5.74) is 10.5. The Balaban J connectivity index is 5.09. The van der Waals surface area contributed by atoms with Crippen molar-refractivity contribution < 1.29 is 5.11 Å². The number of allylic oxidation sites excluding steroid dienone is 6. The summed E-state index contributed by atoms with van der Waals surface area (Å²) in [6.07, 6.45) is 4.80. The summed E-state index contributed by atoms with van der Waals surface area (Å²) in [4.78, 5) is 0. The zero-order valence-corrected chi connectivity index (χ0v) is 13.6. The summed E-state index contributed by atoms with van der Waals surface area (Å²) < 4.78 is 0. The molecule has 0 saturated heterocycles. The fraction of sp³-hybridized carbons (Fsp3) is 0.562. The first-order valence-electron chi connectivity index (χ1n) is 6.72. The average molecular weight is 281 g/mol. The Morgan fingerprint density at radius 2 is 1.79 bits per heavy atom. The number of hydrogen-bond donors (Lipinski definition) is 2. The summed E-state index contributed by atoms with van der Waals surface area (Å²) in [6.45, 7) is 10.6. The molecular formula is C16H27NOS. The fourth-order valence-corrected chi connectivity index (χ4v) is 2.08. The highest BCUT2D eigenvalue weighted by molar-refractivity contribution is 7.79. The molecule has 0 heterocycles. The van der Waals surface area contributed by atoms with E-state index < -0.39 is 0 Å². The summed E-state index contributed by atoms with van der Waals surface area (Å²) in [7, 11) is 0. The molecule has 3 heteroatoms. The minimum Gasteiger partial charge on any atom is -0.402 e. The molecule has 0 aliphatic heterocycles. The molecule has 1 unspecified atom stereocenters. The molecule has 0 saturated carbocycles. The smallest absolute Gasteiger partial charge is 0.0433 e. The van der Waals surface area contributed by atoms with Crippen molar-refractivity contribution in [2.75, 3.05) is 6.61 Å². The summed E-state index contributed by atoms with van der Waals surface area (Å²) in [5.74, 6) is 0.650. The standard InChI is InChI=1S/C16H27NOS/c1-11(7-9-19)13(3)10-14(4)16(17)15(5)12(2)6-8-18/h7,9-10,12,15,18H,6,8,17H2,1-5H3/t12?,15-/m1/s1. The van der Waals surface area contributed by atoms with Crippen LogP contribution < -0.4 is 5.73 Å². The highest BCUT2D eigenvalue weighted by Gasteiger charge is 2.15. The van der Waals surface area contributed by atoms with Crippen LogP contribution in [-0.4, -0.2) is 17.1 Å². The van der Waals surface area contributed by atoms with E-state index in [1.807, 2.05) is 19.9 Å². The van der Waals surface area contributed by atoms with Crippen LogP contribution >= 0.6 is 12.2 Å². The third-order valence-corrected chi connectivity index (χ3v) is 3.89. The van der Waals surface area contributed by atoms with Gasteiger partial charge in [-0.3, -0.25) is 0 Å². The van der Waals surface area contributed by atoms with Crippen LogP contribution in [0.15, 0.2) is 34.6 Å². The molecule has 0 radical (unpaired) electrons. The molecule has 108 valence electrons. The van der Waals surface area contributed by atoms with Crippen LogP contribution in [0.4, 0.5) is 0 Å². The van der Waals surface area contributed by atoms with Gasteiger partial charge in [-0.1, -0.05) is 32.1 Å². The molecule has 0 bridgehead atoms. The molecule has 0 spiro atoms. The second kappa shape index (κ2) is 9.05. The Bertz CT molecular complexity index is 394. The number of aliphatic hydroxyl groups excluding tert-OH is 1. The molecule has 0 aromatic rings. The molecule has 0 aromatic heterocycles. The predicted molar refractivity (Wildman–Crippen MR) is 88.1 cm³/mol. The molecule has 0 aromatic carbocycles. The summed E-state index contributed by atoms with van der Waals surface area (Å²) in [6, 6.07) is 0. The first kappa shape index (κ1) is 18.1. The van der Waals surface area contributed by atoms with E-state index in [1.54, 1.807) is 5.37 Å². The van der Waals surface area contributed by atoms with Crippen LogP contribution in [0.3, 0.4) is 0 Å². The van der Waals surface area contributed by atoms with Gasteiger partial charge in [-0.05, 0) is 61.8 Å². The number of hydrogen-bond acceptors (Lipinski definition) is 3. The Hall–Kier alpha value is -0.930. The van der Waals surface area contributed by atoms with Crippen LogP contribution in [-0.2, 0) is 0 Å². The van der Waals surface area contributed by atoms with Crippen molar-refractivity contribution in [1.82, 2.24) is 0 Å². The highest BCUT2D eigenvalue weighted by Crippen LogP contribution is 2.23. The van der Waals surface area contributed by atoms with E-state index in [-0.39, 0.29) is 12.5 Å². The third-order valence-electron chi connectivity index (χ3n) is 3.76. The van der Waals surface area contributed by atoms with Crippen molar-refractivity contribution in [2.45, 2.75) is 41.0 Å². The minimum atomic E-state index is 0.212. The maximum absolute atomic E-state index is 8.99.